The summed E-state index contributed by atoms with van der Waals surface area (Å²) in [6, 6.07) is -4.00. The number of carbonyl (C=O) groups is 7. The smallest absolute Gasteiger partial charge is 0.278 e. The third-order valence-electron chi connectivity index (χ3n) is 14.8. The third kappa shape index (κ3) is 17.2. The summed E-state index contributed by atoms with van der Waals surface area (Å²) in [5, 5.41) is 112. The molecule has 24 heteroatoms. The number of nitrogens with one attached hydrogen (secondary N) is 5. The van der Waals surface area contributed by atoms with Crippen LogP contribution in [0.25, 0.3) is 0 Å². The molecule has 0 aliphatic carbocycles. The number of hydrogen-bond donors (Lipinski definition) is 15. The molecule has 2 unspecified atom stereocenters. The number of benzene rings is 1. The summed E-state index contributed by atoms with van der Waals surface area (Å²) in [6.45, 7) is 8.29. The number of amides is 7. The molecule has 24 nitrogen and oxygen atoms in total. The van der Waals surface area contributed by atoms with Crippen molar-refractivity contribution in [2.45, 2.75) is 203 Å². The van der Waals surface area contributed by atoms with E-state index in [4.69, 9.17) is 5.73 Å². The van der Waals surface area contributed by atoms with E-state index in [0.29, 0.717) is 28.7 Å². The van der Waals surface area contributed by atoms with Crippen LogP contribution in [0, 0.1) is 17.8 Å². The standard InChI is InChI=1S/C51H84N8O16/c1-6-27(2)20-28(3)14-12-10-8-7-9-11-13-19-53-34-23-38(65)46(70)57-50(74)51(75)43(67)29(4)25-59(51)49(73)42(37(64)24-39(52)66)56-47(71)41(36(63)21-31-15-17-32(61)18-16-31)55-45(69)35-22-33(62)26-58(35)48(72)40(30(5)60)54-44(34)68/h15-18,27-30,33-38,40-43,46,53,60-65,67,70,75H,6-14,19-26H2,1-5H3,(H2,52,66)(H,54,68)(H,55,69)(H,56,71)(H,57,74)/t27?,28?,29-,30+,33+,34-,35-,36+,37+,38+,40-,41-,42-,43-,46+,51+/m0/s1. The average Bonchev–Trinajstić information content (AvgIpc) is 3.86. The van der Waals surface area contributed by atoms with E-state index in [9.17, 15) is 79.5 Å². The van der Waals surface area contributed by atoms with E-state index in [1.54, 1.807) is 0 Å². The predicted octanol–water partition coefficient (Wildman–Crippen LogP) is -2.79. The van der Waals surface area contributed by atoms with Gasteiger partial charge in [0, 0.05) is 38.3 Å². The van der Waals surface area contributed by atoms with E-state index < -0.39 is 165 Å². The van der Waals surface area contributed by atoms with Crippen molar-refractivity contribution < 1.29 is 79.5 Å². The van der Waals surface area contributed by atoms with Gasteiger partial charge in [0.1, 0.15) is 42.1 Å². The maximum absolute atomic E-state index is 14.6. The number of aliphatic hydroxyl groups excluding tert-OH is 7. The molecule has 0 saturated carbocycles. The molecule has 1 aromatic carbocycles. The molecule has 424 valence electrons. The highest BCUT2D eigenvalue weighted by atomic mass is 16.4. The maximum atomic E-state index is 14.6. The summed E-state index contributed by atoms with van der Waals surface area (Å²) in [4.78, 5) is 99.2. The van der Waals surface area contributed by atoms with Gasteiger partial charge in [-0.3, -0.25) is 33.6 Å². The zero-order valence-corrected chi connectivity index (χ0v) is 43.8. The van der Waals surface area contributed by atoms with Crippen LogP contribution in [0.3, 0.4) is 0 Å². The Balaban J connectivity index is 1.69. The van der Waals surface area contributed by atoms with Crippen molar-refractivity contribution >= 4 is 41.4 Å². The van der Waals surface area contributed by atoms with Crippen LogP contribution in [0.1, 0.15) is 124 Å². The number of primary amides is 1. The molecular weight excluding hydrogens is 981 g/mol. The molecule has 7 amide bonds. The summed E-state index contributed by atoms with van der Waals surface area (Å²) in [7, 11) is 0. The average molecular weight is 1070 g/mol. The van der Waals surface area contributed by atoms with Crippen LogP contribution in [0.2, 0.25) is 0 Å². The third-order valence-corrected chi connectivity index (χ3v) is 14.8. The summed E-state index contributed by atoms with van der Waals surface area (Å²) in [5.41, 5.74) is 2.35. The first-order valence-corrected chi connectivity index (χ1v) is 26.4. The fraction of sp³-hybridized carbons (Fsp3) is 0.745. The second-order valence-electron chi connectivity index (χ2n) is 21.2. The Hall–Kier alpha value is -5.05. The fourth-order valence-corrected chi connectivity index (χ4v) is 10.1. The van der Waals surface area contributed by atoms with Gasteiger partial charge in [-0.1, -0.05) is 91.2 Å². The highest BCUT2D eigenvalue weighted by Crippen LogP contribution is 2.34. The molecule has 3 saturated heterocycles. The first-order valence-electron chi connectivity index (χ1n) is 26.4. The quantitative estimate of drug-likeness (QED) is 0.0553. The summed E-state index contributed by atoms with van der Waals surface area (Å²) < 4.78 is 0. The lowest BCUT2D eigenvalue weighted by Crippen LogP contribution is -2.68. The molecule has 0 bridgehead atoms. The van der Waals surface area contributed by atoms with Crippen molar-refractivity contribution in [2.24, 2.45) is 23.5 Å². The van der Waals surface area contributed by atoms with Crippen LogP contribution in [0.5, 0.6) is 5.75 Å². The van der Waals surface area contributed by atoms with Gasteiger partial charge < -0.3 is 88.1 Å². The molecule has 3 fully saturated rings. The van der Waals surface area contributed by atoms with Crippen LogP contribution in [0.4, 0.5) is 0 Å². The van der Waals surface area contributed by atoms with Gasteiger partial charge in [0.05, 0.1) is 36.9 Å². The normalized spacial score (nSPS) is 30.7. The second-order valence-corrected chi connectivity index (χ2v) is 21.2. The van der Waals surface area contributed by atoms with Crippen molar-refractivity contribution in [3.8, 4) is 5.75 Å². The van der Waals surface area contributed by atoms with Crippen molar-refractivity contribution in [1.29, 1.82) is 0 Å². The Bertz CT molecular complexity index is 2070. The number of aromatic hydroxyl groups is 1. The number of rotatable bonds is 21. The highest BCUT2D eigenvalue weighted by molar-refractivity contribution is 5.98. The number of unbranched alkanes of at least 4 members (excludes halogenated alkanes) is 6. The van der Waals surface area contributed by atoms with Gasteiger partial charge in [-0.15, -0.1) is 0 Å². The lowest BCUT2D eigenvalue weighted by Gasteiger charge is -2.38. The van der Waals surface area contributed by atoms with E-state index >= 15 is 0 Å². The topological polar surface area (TPSA) is 394 Å². The zero-order chi connectivity index (χ0) is 55.9. The second kappa shape index (κ2) is 28.9. The minimum atomic E-state index is -3.31. The monoisotopic (exact) mass is 1060 g/mol. The molecule has 0 aromatic heterocycles. The molecule has 16 N–H and O–H groups in total. The van der Waals surface area contributed by atoms with Crippen molar-refractivity contribution in [2.75, 3.05) is 19.6 Å². The molecule has 1 aromatic rings. The van der Waals surface area contributed by atoms with E-state index in [0.717, 1.165) is 43.4 Å². The van der Waals surface area contributed by atoms with Crippen LogP contribution in [-0.2, 0) is 40.0 Å². The predicted molar refractivity (Wildman–Crippen MR) is 270 cm³/mol. The van der Waals surface area contributed by atoms with Crippen molar-refractivity contribution in [1.82, 2.24) is 36.4 Å². The molecule has 3 heterocycles. The molecular formula is C51H84N8O16. The van der Waals surface area contributed by atoms with Crippen LogP contribution in [-0.4, -0.2) is 196 Å². The Kier molecular flexibility index (Phi) is 24.1. The summed E-state index contributed by atoms with van der Waals surface area (Å²) in [6.07, 6.45) is -6.15. The zero-order valence-electron chi connectivity index (χ0n) is 43.8. The van der Waals surface area contributed by atoms with E-state index in [1.165, 1.54) is 57.4 Å². The van der Waals surface area contributed by atoms with Crippen LogP contribution >= 0.6 is 0 Å². The number of aliphatic hydroxyl groups is 8. The minimum Gasteiger partial charge on any atom is -0.508 e. The largest absolute Gasteiger partial charge is 0.508 e. The van der Waals surface area contributed by atoms with Gasteiger partial charge in [-0.2, -0.15) is 0 Å². The van der Waals surface area contributed by atoms with Crippen molar-refractivity contribution in [3.05, 3.63) is 29.8 Å². The minimum absolute atomic E-state index is 0.148. The fourth-order valence-electron chi connectivity index (χ4n) is 10.1. The summed E-state index contributed by atoms with van der Waals surface area (Å²) >= 11 is 0. The first-order chi connectivity index (χ1) is 35.3. The van der Waals surface area contributed by atoms with Crippen molar-refractivity contribution in [3.63, 3.8) is 0 Å². The van der Waals surface area contributed by atoms with Gasteiger partial charge in [-0.05, 0) is 55.8 Å². The number of nitrogens with two attached hydrogens (primary N) is 1. The number of phenols is 1. The van der Waals surface area contributed by atoms with E-state index in [-0.39, 0.29) is 12.3 Å². The lowest BCUT2D eigenvalue weighted by molar-refractivity contribution is -0.189. The van der Waals surface area contributed by atoms with E-state index in [1.807, 2.05) is 5.32 Å². The number of nitrogens with zero attached hydrogens (tertiary/aromatic N) is 2. The number of hydrogen-bond acceptors (Lipinski definition) is 17. The van der Waals surface area contributed by atoms with Gasteiger partial charge in [0.15, 0.2) is 6.23 Å². The Morgan fingerprint density at radius 2 is 1.36 bits per heavy atom. The molecule has 0 spiro atoms. The first kappa shape index (κ1) is 62.5. The molecule has 3 aliphatic rings. The molecule has 0 radical (unpaired) electrons. The van der Waals surface area contributed by atoms with Gasteiger partial charge in [-0.25, -0.2) is 0 Å². The maximum Gasteiger partial charge on any atom is 0.278 e. The molecule has 3 aliphatic heterocycles. The lowest BCUT2D eigenvalue weighted by atomic mass is 9.91. The van der Waals surface area contributed by atoms with Gasteiger partial charge in [0.25, 0.3) is 11.8 Å². The molecule has 75 heavy (non-hydrogen) atoms. The number of carbonyl (C=O) groups excluding carboxylic acids is 7. The number of phenolic OH excluding ortho intramolecular Hbond substituents is 1. The van der Waals surface area contributed by atoms with Crippen LogP contribution < -0.4 is 32.3 Å². The highest BCUT2D eigenvalue weighted by Gasteiger charge is 2.60. The van der Waals surface area contributed by atoms with E-state index in [2.05, 4.69) is 42.0 Å². The van der Waals surface area contributed by atoms with Crippen LogP contribution in [0.15, 0.2) is 24.3 Å². The number of fused-ring (bicyclic) bond motifs is 2. The van der Waals surface area contributed by atoms with Gasteiger partial charge >= 0.3 is 0 Å². The Morgan fingerprint density at radius 3 is 1.97 bits per heavy atom. The molecule has 16 atom stereocenters. The summed E-state index contributed by atoms with van der Waals surface area (Å²) in [5.74, 6) is -8.86. The SMILES string of the molecule is CCC(C)CC(C)CCCCCCCCCN[C@H]1C[C@@H](O)[C@@H](O)NC(=O)[C@]2(O)[C@@H](O)[C@@H](C)CN2C(=O)[C@H]([C@H](O)CC(N)=O)NC(=O)[C@H]([C@H](O)Cc2ccc(O)cc2)NC(=O)[C@@H]2C[C@@H](O)CN2C(=O)[C@H]([C@@H](C)O)NC1=O. The Morgan fingerprint density at radius 1 is 0.760 bits per heavy atom. The van der Waals surface area contributed by atoms with Gasteiger partial charge in [0.2, 0.25) is 35.3 Å². The Labute approximate surface area is 438 Å². The molecule has 4 rings (SSSR count).